The summed E-state index contributed by atoms with van der Waals surface area (Å²) in [6.07, 6.45) is 3.64. The van der Waals surface area contributed by atoms with E-state index in [0.717, 1.165) is 48.1 Å². The average molecular weight is 493 g/mol. The summed E-state index contributed by atoms with van der Waals surface area (Å²) in [6, 6.07) is 19.9. The van der Waals surface area contributed by atoms with Gasteiger partial charge in [0.1, 0.15) is 24.4 Å². The third kappa shape index (κ3) is 4.42. The zero-order chi connectivity index (χ0) is 24.1. The van der Waals surface area contributed by atoms with E-state index in [2.05, 4.69) is 0 Å². The molecule has 2 aromatic carbocycles. The Morgan fingerprint density at radius 3 is 2.14 bits per heavy atom. The Morgan fingerprint density at radius 1 is 0.833 bits per heavy atom. The summed E-state index contributed by atoms with van der Waals surface area (Å²) in [5.41, 5.74) is 1.82. The Kier molecular flexibility index (Phi) is 6.15. The Labute approximate surface area is 212 Å². The minimum absolute atomic E-state index is 0.180. The van der Waals surface area contributed by atoms with Crippen molar-refractivity contribution in [3.05, 3.63) is 71.8 Å². The number of rotatable bonds is 6. The Hall–Kier alpha value is -1.80. The highest BCUT2D eigenvalue weighted by atomic mass is 16.8. The maximum Gasteiger partial charge on any atom is 0.187 e. The molecule has 0 amide bonds. The lowest BCUT2D eigenvalue weighted by molar-refractivity contribution is -0.385. The molecular weight excluding hydrogens is 456 g/mol. The van der Waals surface area contributed by atoms with E-state index in [-0.39, 0.29) is 11.7 Å². The molecule has 6 atom stereocenters. The van der Waals surface area contributed by atoms with Gasteiger partial charge in [-0.25, -0.2) is 0 Å². The second-order valence-electron chi connectivity index (χ2n) is 11.7. The molecule has 1 unspecified atom stereocenters. The van der Waals surface area contributed by atoms with Gasteiger partial charge >= 0.3 is 0 Å². The molecule has 4 bridgehead atoms. The van der Waals surface area contributed by atoms with E-state index in [1.54, 1.807) is 0 Å². The first-order valence-corrected chi connectivity index (χ1v) is 13.6. The summed E-state index contributed by atoms with van der Waals surface area (Å²) < 4.78 is 32.1. The predicted octanol–water partition coefficient (Wildman–Crippen LogP) is 4.76. The van der Waals surface area contributed by atoms with Crippen LogP contribution >= 0.6 is 0 Å². The van der Waals surface area contributed by atoms with Crippen LogP contribution in [-0.4, -0.2) is 48.0 Å². The van der Waals surface area contributed by atoms with Crippen molar-refractivity contribution in [2.75, 3.05) is 6.61 Å². The highest BCUT2D eigenvalue weighted by molar-refractivity contribution is 5.17. The van der Waals surface area contributed by atoms with Gasteiger partial charge in [0.2, 0.25) is 0 Å². The molecule has 1 N–H and O–H groups in total. The molecule has 2 saturated heterocycles. The van der Waals surface area contributed by atoms with Crippen molar-refractivity contribution >= 4 is 0 Å². The number of fused-ring (bicyclic) bond motifs is 1. The fourth-order valence-electron chi connectivity index (χ4n) is 7.82. The van der Waals surface area contributed by atoms with Gasteiger partial charge in [-0.05, 0) is 61.8 Å². The summed E-state index contributed by atoms with van der Waals surface area (Å²) in [4.78, 5) is 0. The van der Waals surface area contributed by atoms with Gasteiger partial charge in [0.25, 0.3) is 0 Å². The van der Waals surface area contributed by atoms with Crippen LogP contribution in [0.4, 0.5) is 0 Å². The van der Waals surface area contributed by atoms with E-state index in [4.69, 9.17) is 23.7 Å². The standard InChI is InChI=1S/C30H36O6/c31-25-27(32-17-19-7-3-1-4-8-19)26-24(18-33-28(35-26)23-9-5-2-6-10-23)34-29(25)36-30-14-20-11-21(15-30)13-22(12-20)16-30/h1-10,20-22,24-29,31H,11-18H2/t20?,21?,22?,24-,25+,26-,27-,28?,29+,30?/m1/s1. The molecule has 0 aromatic heterocycles. The van der Waals surface area contributed by atoms with Crippen molar-refractivity contribution in [2.45, 2.75) is 87.7 Å². The summed E-state index contributed by atoms with van der Waals surface area (Å²) >= 11 is 0. The average Bonchev–Trinajstić information content (AvgIpc) is 2.89. The second-order valence-corrected chi connectivity index (χ2v) is 11.7. The quantitative estimate of drug-likeness (QED) is 0.628. The van der Waals surface area contributed by atoms with Crippen molar-refractivity contribution in [1.29, 1.82) is 0 Å². The maximum atomic E-state index is 11.6. The summed E-state index contributed by atoms with van der Waals surface area (Å²) in [6.45, 7) is 0.749. The predicted molar refractivity (Wildman–Crippen MR) is 132 cm³/mol. The third-order valence-electron chi connectivity index (χ3n) is 9.01. The third-order valence-corrected chi connectivity index (χ3v) is 9.01. The zero-order valence-electron chi connectivity index (χ0n) is 20.6. The normalized spacial score (nSPS) is 43.3. The highest BCUT2D eigenvalue weighted by Gasteiger charge is 2.56. The monoisotopic (exact) mass is 492 g/mol. The van der Waals surface area contributed by atoms with Crippen LogP contribution in [0, 0.1) is 17.8 Å². The van der Waals surface area contributed by atoms with Gasteiger partial charge in [-0.1, -0.05) is 60.7 Å². The van der Waals surface area contributed by atoms with Crippen LogP contribution in [0.25, 0.3) is 0 Å². The number of ether oxygens (including phenoxy) is 5. The van der Waals surface area contributed by atoms with E-state index in [9.17, 15) is 5.11 Å². The number of benzene rings is 2. The van der Waals surface area contributed by atoms with Crippen molar-refractivity contribution in [3.63, 3.8) is 0 Å². The molecule has 2 heterocycles. The van der Waals surface area contributed by atoms with Crippen molar-refractivity contribution in [3.8, 4) is 0 Å². The lowest BCUT2D eigenvalue weighted by Gasteiger charge is -2.58. The van der Waals surface area contributed by atoms with Crippen LogP contribution in [0.1, 0.15) is 55.9 Å². The van der Waals surface area contributed by atoms with Gasteiger partial charge in [0.05, 0.1) is 18.8 Å². The van der Waals surface area contributed by atoms with Gasteiger partial charge in [0, 0.05) is 5.56 Å². The fourth-order valence-corrected chi connectivity index (χ4v) is 7.82. The molecule has 0 radical (unpaired) electrons. The first kappa shape index (κ1) is 23.3. The summed E-state index contributed by atoms with van der Waals surface area (Å²) in [5, 5.41) is 11.6. The Bertz CT molecular complexity index is 993. The van der Waals surface area contributed by atoms with Crippen molar-refractivity contribution in [2.24, 2.45) is 17.8 Å². The molecule has 2 aliphatic heterocycles. The first-order chi connectivity index (χ1) is 17.6. The summed E-state index contributed by atoms with van der Waals surface area (Å²) in [7, 11) is 0. The molecule has 2 aromatic rings. The van der Waals surface area contributed by atoms with Crippen LogP contribution in [0.2, 0.25) is 0 Å². The lowest BCUT2D eigenvalue weighted by atomic mass is 9.54. The molecule has 8 rings (SSSR count). The number of aliphatic hydroxyl groups excluding tert-OH is 1. The minimum atomic E-state index is -0.947. The lowest BCUT2D eigenvalue weighted by Crippen LogP contribution is -2.65. The van der Waals surface area contributed by atoms with E-state index >= 15 is 0 Å². The molecule has 4 aliphatic carbocycles. The van der Waals surface area contributed by atoms with Crippen LogP contribution in [-0.2, 0) is 30.3 Å². The smallest absolute Gasteiger partial charge is 0.187 e. The number of hydrogen-bond donors (Lipinski definition) is 1. The maximum absolute atomic E-state index is 11.6. The second kappa shape index (κ2) is 9.50. The molecule has 6 fully saturated rings. The molecule has 6 nitrogen and oxygen atoms in total. The van der Waals surface area contributed by atoms with Gasteiger partial charge in [-0.3, -0.25) is 0 Å². The van der Waals surface area contributed by atoms with Crippen LogP contribution in [0.15, 0.2) is 60.7 Å². The number of hydrogen-bond acceptors (Lipinski definition) is 6. The fraction of sp³-hybridized carbons (Fsp3) is 0.600. The largest absolute Gasteiger partial charge is 0.385 e. The SMILES string of the molecule is O[C@@H]1[C@H](OC23CC4CC(CC(C4)C2)C3)O[C@@H]2COC(c3ccccc3)O[C@H]2[C@@H]1OCc1ccccc1. The van der Waals surface area contributed by atoms with Gasteiger partial charge in [-0.2, -0.15) is 0 Å². The molecule has 0 spiro atoms. The van der Waals surface area contributed by atoms with Crippen LogP contribution < -0.4 is 0 Å². The van der Waals surface area contributed by atoms with E-state index in [1.165, 1.54) is 19.3 Å². The van der Waals surface area contributed by atoms with Gasteiger partial charge < -0.3 is 28.8 Å². The molecule has 4 saturated carbocycles. The molecule has 192 valence electrons. The van der Waals surface area contributed by atoms with Gasteiger partial charge in [-0.15, -0.1) is 0 Å². The Balaban J connectivity index is 1.12. The van der Waals surface area contributed by atoms with Crippen molar-refractivity contribution < 1.29 is 28.8 Å². The molecule has 6 heteroatoms. The van der Waals surface area contributed by atoms with Gasteiger partial charge in [0.15, 0.2) is 12.6 Å². The van der Waals surface area contributed by atoms with Crippen molar-refractivity contribution in [1.82, 2.24) is 0 Å². The van der Waals surface area contributed by atoms with Crippen LogP contribution in [0.3, 0.4) is 0 Å². The van der Waals surface area contributed by atoms with E-state index < -0.39 is 30.9 Å². The zero-order valence-corrected chi connectivity index (χ0v) is 20.6. The molecule has 6 aliphatic rings. The van der Waals surface area contributed by atoms with E-state index in [1.807, 2.05) is 60.7 Å². The first-order valence-electron chi connectivity index (χ1n) is 13.6. The number of aliphatic hydroxyl groups is 1. The molecule has 36 heavy (non-hydrogen) atoms. The summed E-state index contributed by atoms with van der Waals surface area (Å²) in [5.74, 6) is 2.26. The highest BCUT2D eigenvalue weighted by Crippen LogP contribution is 2.57. The van der Waals surface area contributed by atoms with E-state index in [0.29, 0.717) is 13.2 Å². The van der Waals surface area contributed by atoms with Crippen LogP contribution in [0.5, 0.6) is 0 Å². The topological polar surface area (TPSA) is 66.4 Å². The molecular formula is C30H36O6. The minimum Gasteiger partial charge on any atom is -0.385 e. The Morgan fingerprint density at radius 2 is 1.47 bits per heavy atom.